The molecule has 0 aliphatic carbocycles. The summed E-state index contributed by atoms with van der Waals surface area (Å²) in [5, 5.41) is 2.68. The van der Waals surface area contributed by atoms with Crippen molar-refractivity contribution in [3.8, 4) is 0 Å². The van der Waals surface area contributed by atoms with E-state index in [4.69, 9.17) is 0 Å². The van der Waals surface area contributed by atoms with Gasteiger partial charge in [0.1, 0.15) is 0 Å². The maximum atomic E-state index is 9.99. The summed E-state index contributed by atoms with van der Waals surface area (Å²) < 4.78 is 0.995. The summed E-state index contributed by atoms with van der Waals surface area (Å²) >= 11 is 0. The molecular formula is C9H21N2O+. The second-order valence-electron chi connectivity index (χ2n) is 3.81. The largest absolute Gasteiger partial charge is 0.353 e. The standard InChI is InChI=1S/C9H20N2O/c1-4-5-7-11(2,3)8-6-10-9-12/h9H,4-8H2,1-3H3/p+1. The van der Waals surface area contributed by atoms with Crippen molar-refractivity contribution in [1.29, 1.82) is 0 Å². The van der Waals surface area contributed by atoms with E-state index in [2.05, 4.69) is 26.3 Å². The summed E-state index contributed by atoms with van der Waals surface area (Å²) in [7, 11) is 4.39. The maximum Gasteiger partial charge on any atom is 0.207 e. The lowest BCUT2D eigenvalue weighted by Gasteiger charge is -2.29. The number of likely N-dealkylation sites (N-methyl/N-ethyl adjacent to an activating group) is 1. The molecule has 0 rings (SSSR count). The van der Waals surface area contributed by atoms with E-state index < -0.39 is 0 Å². The number of carbonyl (C=O) groups is 1. The van der Waals surface area contributed by atoms with Gasteiger partial charge >= 0.3 is 0 Å². The SMILES string of the molecule is CCCC[N+](C)(C)CCNC=O. The Morgan fingerprint density at radius 1 is 1.33 bits per heavy atom. The van der Waals surface area contributed by atoms with Gasteiger partial charge in [0.15, 0.2) is 0 Å². The first kappa shape index (κ1) is 11.4. The predicted molar refractivity (Wildman–Crippen MR) is 50.8 cm³/mol. The molecule has 0 saturated heterocycles. The molecule has 0 saturated carbocycles. The summed E-state index contributed by atoms with van der Waals surface area (Å²) in [6.07, 6.45) is 3.26. The highest BCUT2D eigenvalue weighted by molar-refractivity contribution is 5.45. The van der Waals surface area contributed by atoms with Gasteiger partial charge in [0.2, 0.25) is 6.41 Å². The second-order valence-corrected chi connectivity index (χ2v) is 3.81. The third kappa shape index (κ3) is 6.16. The minimum Gasteiger partial charge on any atom is -0.353 e. The lowest BCUT2D eigenvalue weighted by atomic mass is 10.3. The molecule has 0 aromatic carbocycles. The fourth-order valence-corrected chi connectivity index (χ4v) is 1.12. The number of rotatable bonds is 7. The minimum absolute atomic E-state index is 0.764. The lowest BCUT2D eigenvalue weighted by Crippen LogP contribution is -2.44. The molecule has 0 aromatic heterocycles. The van der Waals surface area contributed by atoms with Crippen LogP contribution in [0.5, 0.6) is 0 Å². The van der Waals surface area contributed by atoms with Crippen LogP contribution in [0, 0.1) is 0 Å². The van der Waals surface area contributed by atoms with E-state index in [1.807, 2.05) is 0 Å². The van der Waals surface area contributed by atoms with Crippen LogP contribution in [-0.2, 0) is 4.79 Å². The van der Waals surface area contributed by atoms with Crippen molar-refractivity contribution < 1.29 is 9.28 Å². The molecule has 0 aliphatic rings. The van der Waals surface area contributed by atoms with Crippen molar-refractivity contribution in [1.82, 2.24) is 5.32 Å². The van der Waals surface area contributed by atoms with Crippen molar-refractivity contribution in [3.63, 3.8) is 0 Å². The van der Waals surface area contributed by atoms with E-state index in [1.54, 1.807) is 0 Å². The van der Waals surface area contributed by atoms with Crippen LogP contribution in [0.4, 0.5) is 0 Å². The zero-order valence-corrected chi connectivity index (χ0v) is 8.47. The van der Waals surface area contributed by atoms with Gasteiger partial charge in [-0.1, -0.05) is 13.3 Å². The molecule has 1 N–H and O–H groups in total. The van der Waals surface area contributed by atoms with E-state index in [1.165, 1.54) is 19.4 Å². The normalized spacial score (nSPS) is 11.2. The molecule has 0 spiro atoms. The van der Waals surface area contributed by atoms with Gasteiger partial charge < -0.3 is 9.80 Å². The van der Waals surface area contributed by atoms with Crippen molar-refractivity contribution in [2.45, 2.75) is 19.8 Å². The number of amides is 1. The summed E-state index contributed by atoms with van der Waals surface area (Å²) in [5.41, 5.74) is 0. The first-order chi connectivity index (χ1) is 5.62. The summed E-state index contributed by atoms with van der Waals surface area (Å²) in [5.74, 6) is 0. The zero-order valence-electron chi connectivity index (χ0n) is 8.47. The van der Waals surface area contributed by atoms with Gasteiger partial charge in [-0.15, -0.1) is 0 Å². The van der Waals surface area contributed by atoms with E-state index in [9.17, 15) is 4.79 Å². The third-order valence-corrected chi connectivity index (χ3v) is 2.06. The number of quaternary nitrogens is 1. The highest BCUT2D eigenvalue weighted by Gasteiger charge is 2.12. The number of nitrogens with zero attached hydrogens (tertiary/aromatic N) is 1. The molecule has 1 amide bonds. The number of hydrogen-bond donors (Lipinski definition) is 1. The highest BCUT2D eigenvalue weighted by atomic mass is 16.1. The third-order valence-electron chi connectivity index (χ3n) is 2.06. The smallest absolute Gasteiger partial charge is 0.207 e. The quantitative estimate of drug-likeness (QED) is 0.341. The van der Waals surface area contributed by atoms with E-state index >= 15 is 0 Å². The Labute approximate surface area is 75.3 Å². The lowest BCUT2D eigenvalue weighted by molar-refractivity contribution is -0.889. The molecule has 3 heteroatoms. The van der Waals surface area contributed by atoms with Crippen molar-refractivity contribution >= 4 is 6.41 Å². The van der Waals surface area contributed by atoms with Crippen LogP contribution in [0.25, 0.3) is 0 Å². The molecule has 3 nitrogen and oxygen atoms in total. The van der Waals surface area contributed by atoms with Gasteiger partial charge in [-0.3, -0.25) is 4.79 Å². The average Bonchev–Trinajstić information content (AvgIpc) is 2.01. The van der Waals surface area contributed by atoms with Gasteiger partial charge in [0, 0.05) is 0 Å². The van der Waals surface area contributed by atoms with Crippen molar-refractivity contribution in [2.75, 3.05) is 33.7 Å². The fourth-order valence-electron chi connectivity index (χ4n) is 1.12. The number of carbonyl (C=O) groups excluding carboxylic acids is 1. The topological polar surface area (TPSA) is 29.1 Å². The fraction of sp³-hybridized carbons (Fsp3) is 0.889. The highest BCUT2D eigenvalue weighted by Crippen LogP contribution is 1.99. The molecule has 0 radical (unpaired) electrons. The Balaban J connectivity index is 3.48. The Kier molecular flexibility index (Phi) is 5.72. The Morgan fingerprint density at radius 3 is 2.50 bits per heavy atom. The molecule has 0 aliphatic heterocycles. The molecular weight excluding hydrogens is 152 g/mol. The van der Waals surface area contributed by atoms with Crippen LogP contribution in [0.2, 0.25) is 0 Å². The molecule has 0 unspecified atom stereocenters. The van der Waals surface area contributed by atoms with Crippen molar-refractivity contribution in [2.24, 2.45) is 0 Å². The van der Waals surface area contributed by atoms with E-state index in [-0.39, 0.29) is 0 Å². The molecule has 0 heterocycles. The van der Waals surface area contributed by atoms with Gasteiger partial charge in [-0.25, -0.2) is 0 Å². The van der Waals surface area contributed by atoms with E-state index in [0.717, 1.165) is 24.0 Å². The molecule has 0 bridgehead atoms. The first-order valence-corrected chi connectivity index (χ1v) is 4.61. The summed E-state index contributed by atoms with van der Waals surface area (Å²) in [6, 6.07) is 0. The number of unbranched alkanes of at least 4 members (excludes halogenated alkanes) is 1. The van der Waals surface area contributed by atoms with Gasteiger partial charge in [-0.05, 0) is 6.42 Å². The molecule has 0 aromatic rings. The van der Waals surface area contributed by atoms with E-state index in [0.29, 0.717) is 0 Å². The minimum atomic E-state index is 0.764. The number of hydrogen-bond acceptors (Lipinski definition) is 1. The number of nitrogens with one attached hydrogen (secondary N) is 1. The van der Waals surface area contributed by atoms with Crippen LogP contribution in [0.15, 0.2) is 0 Å². The van der Waals surface area contributed by atoms with Crippen LogP contribution >= 0.6 is 0 Å². The monoisotopic (exact) mass is 173 g/mol. The Hall–Kier alpha value is -0.570. The zero-order chi connectivity index (χ0) is 9.45. The molecule has 0 atom stereocenters. The average molecular weight is 173 g/mol. The van der Waals surface area contributed by atoms with Crippen LogP contribution in [0.3, 0.4) is 0 Å². The van der Waals surface area contributed by atoms with Gasteiger partial charge in [0.25, 0.3) is 0 Å². The molecule has 0 fully saturated rings. The summed E-state index contributed by atoms with van der Waals surface area (Å²) in [4.78, 5) is 9.99. The maximum absolute atomic E-state index is 9.99. The summed E-state index contributed by atoms with van der Waals surface area (Å²) in [6.45, 7) is 5.18. The van der Waals surface area contributed by atoms with Gasteiger partial charge in [-0.2, -0.15) is 0 Å². The van der Waals surface area contributed by atoms with Gasteiger partial charge in [0.05, 0.1) is 33.7 Å². The second kappa shape index (κ2) is 6.00. The molecule has 12 heavy (non-hydrogen) atoms. The molecule has 72 valence electrons. The predicted octanol–water partition coefficient (Wildman–Crippen LogP) is 0.609. The van der Waals surface area contributed by atoms with Crippen LogP contribution < -0.4 is 5.32 Å². The van der Waals surface area contributed by atoms with Crippen molar-refractivity contribution in [3.05, 3.63) is 0 Å². The Morgan fingerprint density at radius 2 is 2.00 bits per heavy atom. The Bertz CT molecular complexity index is 124. The van der Waals surface area contributed by atoms with Crippen LogP contribution in [-0.4, -0.2) is 44.6 Å². The first-order valence-electron chi connectivity index (χ1n) is 4.61. The van der Waals surface area contributed by atoms with Crippen LogP contribution in [0.1, 0.15) is 19.8 Å².